The molecule has 110 valence electrons. The van der Waals surface area contributed by atoms with Crippen molar-refractivity contribution in [1.29, 1.82) is 0 Å². The Bertz CT molecular complexity index is 646. The molecule has 1 nitrogen and oxygen atoms in total. The van der Waals surface area contributed by atoms with Crippen molar-refractivity contribution in [1.82, 2.24) is 5.32 Å². The van der Waals surface area contributed by atoms with Gasteiger partial charge < -0.3 is 5.32 Å². The van der Waals surface area contributed by atoms with E-state index in [2.05, 4.69) is 27.3 Å². The van der Waals surface area contributed by atoms with E-state index in [1.165, 1.54) is 6.07 Å². The highest BCUT2D eigenvalue weighted by molar-refractivity contribution is 9.10. The first-order chi connectivity index (χ1) is 10.2. The lowest BCUT2D eigenvalue weighted by Crippen LogP contribution is -2.34. The van der Waals surface area contributed by atoms with Crippen LogP contribution in [-0.2, 0) is 0 Å². The SMILES string of the molecule is Fc1ccc(C2CCNCC2c2ccccc2Cl)cc1Br. The summed E-state index contributed by atoms with van der Waals surface area (Å²) in [5, 5.41) is 4.24. The summed E-state index contributed by atoms with van der Waals surface area (Å²) in [6.07, 6.45) is 1.02. The third kappa shape index (κ3) is 3.15. The maximum Gasteiger partial charge on any atom is 0.137 e. The van der Waals surface area contributed by atoms with Crippen molar-refractivity contribution in [2.75, 3.05) is 13.1 Å². The molecule has 0 radical (unpaired) electrons. The van der Waals surface area contributed by atoms with Gasteiger partial charge in [-0.2, -0.15) is 0 Å². The molecular formula is C17H16BrClFN. The van der Waals surface area contributed by atoms with Crippen molar-refractivity contribution in [3.63, 3.8) is 0 Å². The zero-order valence-corrected chi connectivity index (χ0v) is 13.8. The lowest BCUT2D eigenvalue weighted by molar-refractivity contribution is 0.404. The summed E-state index contributed by atoms with van der Waals surface area (Å²) in [6.45, 7) is 1.87. The Morgan fingerprint density at radius 2 is 1.95 bits per heavy atom. The van der Waals surface area contributed by atoms with Gasteiger partial charge in [-0.25, -0.2) is 4.39 Å². The molecule has 1 aliphatic rings. The number of rotatable bonds is 2. The van der Waals surface area contributed by atoms with Crippen LogP contribution in [0.1, 0.15) is 29.4 Å². The molecule has 4 heteroatoms. The lowest BCUT2D eigenvalue weighted by Gasteiger charge is -2.33. The number of hydrogen-bond donors (Lipinski definition) is 1. The second-order valence-electron chi connectivity index (χ2n) is 5.40. The van der Waals surface area contributed by atoms with E-state index in [-0.39, 0.29) is 5.82 Å². The smallest absolute Gasteiger partial charge is 0.137 e. The third-order valence-electron chi connectivity index (χ3n) is 4.16. The molecule has 0 saturated carbocycles. The molecule has 0 spiro atoms. The third-order valence-corrected chi connectivity index (χ3v) is 5.11. The van der Waals surface area contributed by atoms with Crippen molar-refractivity contribution in [3.05, 3.63) is 68.9 Å². The van der Waals surface area contributed by atoms with Crippen LogP contribution in [0.4, 0.5) is 4.39 Å². The van der Waals surface area contributed by atoms with E-state index in [0.29, 0.717) is 16.3 Å². The largest absolute Gasteiger partial charge is 0.316 e. The highest BCUT2D eigenvalue weighted by atomic mass is 79.9. The first-order valence-electron chi connectivity index (χ1n) is 7.07. The molecule has 0 aliphatic carbocycles. The summed E-state index contributed by atoms with van der Waals surface area (Å²) in [5.41, 5.74) is 2.33. The second kappa shape index (κ2) is 6.47. The number of piperidine rings is 1. The van der Waals surface area contributed by atoms with E-state index in [1.807, 2.05) is 30.3 Å². The summed E-state index contributed by atoms with van der Waals surface area (Å²) >= 11 is 9.66. The fourth-order valence-electron chi connectivity index (χ4n) is 3.10. The van der Waals surface area contributed by atoms with Gasteiger partial charge in [0.1, 0.15) is 5.82 Å². The van der Waals surface area contributed by atoms with Gasteiger partial charge in [0.2, 0.25) is 0 Å². The van der Waals surface area contributed by atoms with Crippen molar-refractivity contribution in [2.24, 2.45) is 0 Å². The topological polar surface area (TPSA) is 12.0 Å². The zero-order chi connectivity index (χ0) is 14.8. The molecule has 0 bridgehead atoms. The number of benzene rings is 2. The fourth-order valence-corrected chi connectivity index (χ4v) is 3.78. The van der Waals surface area contributed by atoms with Gasteiger partial charge in [0.25, 0.3) is 0 Å². The van der Waals surface area contributed by atoms with Crippen LogP contribution in [0.25, 0.3) is 0 Å². The van der Waals surface area contributed by atoms with Gasteiger partial charge in [-0.1, -0.05) is 35.9 Å². The fraction of sp³-hybridized carbons (Fsp3) is 0.294. The van der Waals surface area contributed by atoms with Crippen LogP contribution in [0, 0.1) is 5.82 Å². The predicted octanol–water partition coefficient (Wildman–Crippen LogP) is 5.10. The Labute approximate surface area is 137 Å². The van der Waals surface area contributed by atoms with E-state index in [1.54, 1.807) is 0 Å². The molecule has 1 fully saturated rings. The normalized spacial score (nSPS) is 22.2. The average molecular weight is 369 g/mol. The van der Waals surface area contributed by atoms with Gasteiger partial charge in [-0.3, -0.25) is 0 Å². The monoisotopic (exact) mass is 367 g/mol. The Hall–Kier alpha value is -0.900. The average Bonchev–Trinajstić information content (AvgIpc) is 2.51. The van der Waals surface area contributed by atoms with E-state index >= 15 is 0 Å². The molecule has 1 saturated heterocycles. The number of hydrogen-bond acceptors (Lipinski definition) is 1. The van der Waals surface area contributed by atoms with E-state index in [0.717, 1.165) is 35.7 Å². The van der Waals surface area contributed by atoms with Gasteiger partial charge >= 0.3 is 0 Å². The Kier molecular flexibility index (Phi) is 4.63. The van der Waals surface area contributed by atoms with Crippen LogP contribution in [0.15, 0.2) is 46.9 Å². The van der Waals surface area contributed by atoms with Gasteiger partial charge in [0, 0.05) is 17.5 Å². The zero-order valence-electron chi connectivity index (χ0n) is 11.5. The molecule has 1 heterocycles. The molecular weight excluding hydrogens is 353 g/mol. The van der Waals surface area contributed by atoms with E-state index in [9.17, 15) is 4.39 Å². The van der Waals surface area contributed by atoms with Crippen LogP contribution < -0.4 is 5.32 Å². The van der Waals surface area contributed by atoms with Crippen LogP contribution in [0.5, 0.6) is 0 Å². The highest BCUT2D eigenvalue weighted by Gasteiger charge is 2.29. The highest BCUT2D eigenvalue weighted by Crippen LogP contribution is 2.40. The first kappa shape index (κ1) is 15.0. The van der Waals surface area contributed by atoms with Gasteiger partial charge in [-0.15, -0.1) is 0 Å². The Morgan fingerprint density at radius 1 is 1.14 bits per heavy atom. The van der Waals surface area contributed by atoms with Gasteiger partial charge in [0.05, 0.1) is 4.47 Å². The molecule has 0 amide bonds. The molecule has 0 aromatic heterocycles. The molecule has 1 N–H and O–H groups in total. The Morgan fingerprint density at radius 3 is 2.71 bits per heavy atom. The van der Waals surface area contributed by atoms with Crippen LogP contribution >= 0.6 is 27.5 Å². The summed E-state index contributed by atoms with van der Waals surface area (Å²) in [4.78, 5) is 0. The quantitative estimate of drug-likeness (QED) is 0.777. The maximum absolute atomic E-state index is 13.5. The van der Waals surface area contributed by atoms with E-state index in [4.69, 9.17) is 11.6 Å². The molecule has 3 rings (SSSR count). The minimum absolute atomic E-state index is 0.220. The summed E-state index contributed by atoms with van der Waals surface area (Å²) in [7, 11) is 0. The van der Waals surface area contributed by atoms with Crippen molar-refractivity contribution >= 4 is 27.5 Å². The summed E-state index contributed by atoms with van der Waals surface area (Å²) in [6, 6.07) is 13.3. The second-order valence-corrected chi connectivity index (χ2v) is 6.66. The minimum atomic E-state index is -0.220. The summed E-state index contributed by atoms with van der Waals surface area (Å²) in [5.74, 6) is 0.440. The first-order valence-corrected chi connectivity index (χ1v) is 8.24. The lowest BCUT2D eigenvalue weighted by atomic mass is 9.77. The van der Waals surface area contributed by atoms with Crippen LogP contribution in [0.3, 0.4) is 0 Å². The van der Waals surface area contributed by atoms with E-state index < -0.39 is 0 Å². The molecule has 2 unspecified atom stereocenters. The van der Waals surface area contributed by atoms with Crippen LogP contribution in [-0.4, -0.2) is 13.1 Å². The molecule has 2 aromatic rings. The molecule has 2 aromatic carbocycles. The van der Waals surface area contributed by atoms with Crippen molar-refractivity contribution in [2.45, 2.75) is 18.3 Å². The van der Waals surface area contributed by atoms with Gasteiger partial charge in [0.15, 0.2) is 0 Å². The molecule has 1 aliphatic heterocycles. The van der Waals surface area contributed by atoms with Crippen LogP contribution in [0.2, 0.25) is 5.02 Å². The molecule has 21 heavy (non-hydrogen) atoms. The molecule has 2 atom stereocenters. The predicted molar refractivity (Wildman–Crippen MR) is 88.5 cm³/mol. The standard InChI is InChI=1S/C17H16BrClFN/c18-15-9-11(5-6-17(15)20)12-7-8-21-10-14(12)13-3-1-2-4-16(13)19/h1-6,9,12,14,21H,7-8,10H2. The number of nitrogens with one attached hydrogen (secondary N) is 1. The Balaban J connectivity index is 1.98. The van der Waals surface area contributed by atoms with Crippen molar-refractivity contribution < 1.29 is 4.39 Å². The van der Waals surface area contributed by atoms with Crippen molar-refractivity contribution in [3.8, 4) is 0 Å². The minimum Gasteiger partial charge on any atom is -0.316 e. The van der Waals surface area contributed by atoms with Gasteiger partial charge in [-0.05, 0) is 64.1 Å². The summed E-state index contributed by atoms with van der Waals surface area (Å²) < 4.78 is 14.0. The maximum atomic E-state index is 13.5. The number of halogens is 3.